The lowest BCUT2D eigenvalue weighted by Crippen LogP contribution is -2.25. The first kappa shape index (κ1) is 13.1. The molecule has 1 unspecified atom stereocenters. The fraction of sp³-hybridized carbons (Fsp3) is 0.533. The van der Waals surface area contributed by atoms with Gasteiger partial charge in [-0.25, -0.2) is 4.98 Å². The number of fused-ring (bicyclic) bond motifs is 1. The molecule has 0 bridgehead atoms. The zero-order valence-electron chi connectivity index (χ0n) is 11.3. The smallest absolute Gasteiger partial charge is 0.0958 e. The van der Waals surface area contributed by atoms with Crippen LogP contribution >= 0.6 is 0 Å². The summed E-state index contributed by atoms with van der Waals surface area (Å²) in [6, 6.07) is 8.42. The quantitative estimate of drug-likeness (QED) is 0.849. The molecule has 1 aromatic heterocycles. The zero-order valence-corrected chi connectivity index (χ0v) is 11.3. The first-order valence-electron chi connectivity index (χ1n) is 6.82. The molecule has 2 N–H and O–H groups in total. The first-order valence-corrected chi connectivity index (χ1v) is 6.82. The highest BCUT2D eigenvalue weighted by molar-refractivity contribution is 5.74. The molecule has 0 aliphatic carbocycles. The van der Waals surface area contributed by atoms with Crippen LogP contribution in [0.4, 0.5) is 0 Å². The topological polar surface area (TPSA) is 43.8 Å². The van der Waals surface area contributed by atoms with Gasteiger partial charge in [0, 0.05) is 12.6 Å². The summed E-state index contributed by atoms with van der Waals surface area (Å²) >= 11 is 0. The van der Waals surface area contributed by atoms with Gasteiger partial charge in [-0.05, 0) is 24.5 Å². The molecule has 2 rings (SSSR count). The summed E-state index contributed by atoms with van der Waals surface area (Å²) < 4.78 is 2.16. The summed E-state index contributed by atoms with van der Waals surface area (Å²) in [6.45, 7) is 5.38. The minimum absolute atomic E-state index is 0.223. The number of hydrogen-bond acceptors (Lipinski definition) is 2. The number of rotatable bonds is 6. The average molecular weight is 245 g/mol. The summed E-state index contributed by atoms with van der Waals surface area (Å²) in [4.78, 5) is 4.39. The van der Waals surface area contributed by atoms with Gasteiger partial charge in [0.1, 0.15) is 0 Å². The highest BCUT2D eigenvalue weighted by Crippen LogP contribution is 2.14. The molecule has 0 saturated heterocycles. The molecule has 2 aromatic rings. The number of imidazole rings is 1. The number of nitrogens with zero attached hydrogens (tertiary/aromatic N) is 2. The van der Waals surface area contributed by atoms with E-state index in [4.69, 9.17) is 5.73 Å². The molecule has 3 nitrogen and oxygen atoms in total. The van der Waals surface area contributed by atoms with Crippen molar-refractivity contribution in [3.05, 3.63) is 30.6 Å². The van der Waals surface area contributed by atoms with E-state index in [-0.39, 0.29) is 6.04 Å². The lowest BCUT2D eigenvalue weighted by Gasteiger charge is -2.13. The van der Waals surface area contributed by atoms with Crippen LogP contribution in [0.5, 0.6) is 0 Å². The summed E-state index contributed by atoms with van der Waals surface area (Å²) in [5, 5.41) is 0. The van der Waals surface area contributed by atoms with E-state index in [1.165, 1.54) is 18.4 Å². The highest BCUT2D eigenvalue weighted by Gasteiger charge is 2.07. The van der Waals surface area contributed by atoms with Crippen molar-refractivity contribution >= 4 is 11.0 Å². The van der Waals surface area contributed by atoms with Crippen molar-refractivity contribution in [1.29, 1.82) is 0 Å². The van der Waals surface area contributed by atoms with Crippen LogP contribution in [0.15, 0.2) is 30.6 Å². The van der Waals surface area contributed by atoms with Gasteiger partial charge in [0.2, 0.25) is 0 Å². The number of nitrogens with two attached hydrogens (primary N) is 1. The summed E-state index contributed by atoms with van der Waals surface area (Å²) in [6.07, 6.45) is 5.46. The Hall–Kier alpha value is -1.35. The normalized spacial score (nSPS) is 13.3. The molecule has 0 aliphatic rings. The first-order chi connectivity index (χ1) is 8.66. The Morgan fingerprint density at radius 2 is 2.00 bits per heavy atom. The predicted molar refractivity (Wildman–Crippen MR) is 76.4 cm³/mol. The number of hydrogen-bond donors (Lipinski definition) is 1. The summed E-state index contributed by atoms with van der Waals surface area (Å²) in [5.41, 5.74) is 8.42. The van der Waals surface area contributed by atoms with Crippen LogP contribution in [0.25, 0.3) is 11.0 Å². The largest absolute Gasteiger partial charge is 0.329 e. The SMILES string of the molecule is CC(C)CCCC(N)Cn1cnc2ccccc21. The van der Waals surface area contributed by atoms with E-state index in [1.807, 2.05) is 24.5 Å². The fourth-order valence-corrected chi connectivity index (χ4v) is 2.29. The van der Waals surface area contributed by atoms with Gasteiger partial charge in [0.05, 0.1) is 17.4 Å². The molecular formula is C15H23N3. The zero-order chi connectivity index (χ0) is 13.0. The Morgan fingerprint density at radius 1 is 1.22 bits per heavy atom. The van der Waals surface area contributed by atoms with Crippen LogP contribution in [0, 0.1) is 5.92 Å². The standard InChI is InChI=1S/C15H23N3/c1-12(2)6-5-7-13(16)10-18-11-17-14-8-3-4-9-15(14)18/h3-4,8-9,11-13H,5-7,10,16H2,1-2H3. The van der Waals surface area contributed by atoms with Crippen molar-refractivity contribution < 1.29 is 0 Å². The molecular weight excluding hydrogens is 222 g/mol. The summed E-state index contributed by atoms with van der Waals surface area (Å²) in [7, 11) is 0. The second-order valence-electron chi connectivity index (χ2n) is 5.47. The Kier molecular flexibility index (Phi) is 4.37. The van der Waals surface area contributed by atoms with Crippen LogP contribution < -0.4 is 5.73 Å². The van der Waals surface area contributed by atoms with E-state index in [0.29, 0.717) is 0 Å². The van der Waals surface area contributed by atoms with E-state index in [1.54, 1.807) is 0 Å². The van der Waals surface area contributed by atoms with Crippen molar-refractivity contribution in [3.8, 4) is 0 Å². The van der Waals surface area contributed by atoms with Gasteiger partial charge in [0.25, 0.3) is 0 Å². The number of benzene rings is 1. The number of para-hydroxylation sites is 2. The molecule has 98 valence electrons. The van der Waals surface area contributed by atoms with E-state index >= 15 is 0 Å². The maximum Gasteiger partial charge on any atom is 0.0958 e. The Labute approximate surface area is 109 Å². The van der Waals surface area contributed by atoms with Gasteiger partial charge in [-0.3, -0.25) is 0 Å². The Balaban J connectivity index is 1.92. The third-order valence-electron chi connectivity index (χ3n) is 3.31. The molecule has 1 aromatic carbocycles. The summed E-state index contributed by atoms with van der Waals surface area (Å²) in [5.74, 6) is 0.770. The van der Waals surface area contributed by atoms with Gasteiger partial charge in [-0.2, -0.15) is 0 Å². The minimum atomic E-state index is 0.223. The molecule has 1 atom stereocenters. The molecule has 0 aliphatic heterocycles. The Morgan fingerprint density at radius 3 is 2.78 bits per heavy atom. The second kappa shape index (κ2) is 6.01. The van der Waals surface area contributed by atoms with Crippen molar-refractivity contribution in [2.45, 2.75) is 45.7 Å². The van der Waals surface area contributed by atoms with E-state index in [9.17, 15) is 0 Å². The van der Waals surface area contributed by atoms with E-state index < -0.39 is 0 Å². The van der Waals surface area contributed by atoms with Crippen molar-refractivity contribution in [1.82, 2.24) is 9.55 Å². The molecule has 0 spiro atoms. The van der Waals surface area contributed by atoms with Crippen molar-refractivity contribution in [2.24, 2.45) is 11.7 Å². The van der Waals surface area contributed by atoms with E-state index in [2.05, 4.69) is 29.5 Å². The third kappa shape index (κ3) is 3.33. The molecule has 3 heteroatoms. The van der Waals surface area contributed by atoms with Gasteiger partial charge < -0.3 is 10.3 Å². The van der Waals surface area contributed by atoms with Gasteiger partial charge in [0.15, 0.2) is 0 Å². The van der Waals surface area contributed by atoms with Crippen LogP contribution in [-0.2, 0) is 6.54 Å². The van der Waals surface area contributed by atoms with Gasteiger partial charge in [-0.15, -0.1) is 0 Å². The van der Waals surface area contributed by atoms with Crippen LogP contribution in [0.3, 0.4) is 0 Å². The molecule has 18 heavy (non-hydrogen) atoms. The van der Waals surface area contributed by atoms with Crippen LogP contribution in [-0.4, -0.2) is 15.6 Å². The molecule has 0 amide bonds. The second-order valence-corrected chi connectivity index (χ2v) is 5.47. The van der Waals surface area contributed by atoms with Crippen molar-refractivity contribution in [3.63, 3.8) is 0 Å². The van der Waals surface area contributed by atoms with Crippen molar-refractivity contribution in [2.75, 3.05) is 0 Å². The van der Waals surface area contributed by atoms with Crippen LogP contribution in [0.2, 0.25) is 0 Å². The predicted octanol–water partition coefficient (Wildman–Crippen LogP) is 3.19. The lowest BCUT2D eigenvalue weighted by molar-refractivity contribution is 0.465. The Bertz CT molecular complexity index is 487. The lowest BCUT2D eigenvalue weighted by atomic mass is 10.0. The highest BCUT2D eigenvalue weighted by atomic mass is 15.1. The number of aromatic nitrogens is 2. The molecule has 0 radical (unpaired) electrons. The maximum atomic E-state index is 6.19. The molecule has 1 heterocycles. The van der Waals surface area contributed by atoms with Crippen LogP contribution in [0.1, 0.15) is 33.1 Å². The molecule has 0 saturated carbocycles. The third-order valence-corrected chi connectivity index (χ3v) is 3.31. The monoisotopic (exact) mass is 245 g/mol. The maximum absolute atomic E-state index is 6.19. The minimum Gasteiger partial charge on any atom is -0.329 e. The van der Waals surface area contributed by atoms with Gasteiger partial charge in [-0.1, -0.05) is 38.8 Å². The fourth-order valence-electron chi connectivity index (χ4n) is 2.29. The van der Waals surface area contributed by atoms with E-state index in [0.717, 1.165) is 24.4 Å². The van der Waals surface area contributed by atoms with Gasteiger partial charge >= 0.3 is 0 Å². The average Bonchev–Trinajstić information content (AvgIpc) is 2.72. The molecule has 0 fully saturated rings.